The monoisotopic (exact) mass is 406 g/mol. The molecule has 3 N–H and O–H groups in total. The highest BCUT2D eigenvalue weighted by molar-refractivity contribution is 6.04. The lowest BCUT2D eigenvalue weighted by molar-refractivity contribution is -0.357. The number of carbonyl (C=O) groups excluding carboxylic acids is 2. The first-order valence-corrected chi connectivity index (χ1v) is 10.7. The molecule has 4 aliphatic carbocycles. The van der Waals surface area contributed by atoms with Crippen molar-refractivity contribution in [1.82, 2.24) is 0 Å². The Kier molecular flexibility index (Phi) is 4.00. The zero-order chi connectivity index (χ0) is 20.9. The van der Waals surface area contributed by atoms with Crippen LogP contribution in [-0.4, -0.2) is 58.3 Å². The van der Waals surface area contributed by atoms with Gasteiger partial charge in [0.05, 0.1) is 24.2 Å². The number of ether oxygens (including phenoxy) is 2. The summed E-state index contributed by atoms with van der Waals surface area (Å²) in [5, 5.41) is 33.9. The number of aliphatic hydroxyl groups is 3. The summed E-state index contributed by atoms with van der Waals surface area (Å²) in [5.74, 6) is -2.19. The van der Waals surface area contributed by atoms with Crippen LogP contribution in [0.25, 0.3) is 0 Å². The number of rotatable bonds is 1. The Hall–Kier alpha value is -1.28. The van der Waals surface area contributed by atoms with Crippen molar-refractivity contribution in [2.75, 3.05) is 6.61 Å². The molecule has 1 heterocycles. The second-order valence-electron chi connectivity index (χ2n) is 10.3. The number of carbonyl (C=O) groups is 2. The van der Waals surface area contributed by atoms with Crippen LogP contribution in [0.5, 0.6) is 0 Å². The first-order chi connectivity index (χ1) is 13.6. The topological polar surface area (TPSA) is 113 Å². The van der Waals surface area contributed by atoms with Crippen molar-refractivity contribution < 1.29 is 34.4 Å². The van der Waals surface area contributed by atoms with E-state index in [2.05, 4.69) is 13.5 Å². The first kappa shape index (κ1) is 19.7. The van der Waals surface area contributed by atoms with Crippen LogP contribution in [0.1, 0.15) is 46.0 Å². The molecule has 2 unspecified atom stereocenters. The zero-order valence-corrected chi connectivity index (χ0v) is 17.0. The number of Topliss-reactive ketones (excluding diaryl/α,β-unsaturated/α-hetero) is 1. The fourth-order valence-corrected chi connectivity index (χ4v) is 8.21. The fraction of sp³-hybridized carbons (Fsp3) is 0.818. The van der Waals surface area contributed by atoms with Crippen molar-refractivity contribution in [3.63, 3.8) is 0 Å². The third kappa shape index (κ3) is 2.07. The van der Waals surface area contributed by atoms with Crippen LogP contribution in [0.3, 0.4) is 0 Å². The molecule has 29 heavy (non-hydrogen) atoms. The number of hydrogen-bond donors (Lipinski definition) is 3. The first-order valence-electron chi connectivity index (χ1n) is 10.7. The summed E-state index contributed by atoms with van der Waals surface area (Å²) < 4.78 is 11.6. The summed E-state index contributed by atoms with van der Waals surface area (Å²) in [5.41, 5.74) is -2.34. The maximum absolute atomic E-state index is 13.5. The standard InChI is InChI=1S/C22H30O7/c1-10-12-7-13(29-11(2)23)16-21-6-4-5-20(3,9-28-19(21)27)14(21)8-15(24)22(16,17(10)25)18(12)26/h12-16,18-19,24,26-27H,1,4-9H2,2-3H3/t12-,13-,14+,15?,16-,18+,19+,20-,21-,22?/m0/s1. The van der Waals surface area contributed by atoms with Crippen molar-refractivity contribution in [1.29, 1.82) is 0 Å². The van der Waals surface area contributed by atoms with E-state index in [0.717, 1.165) is 12.8 Å². The predicted octanol–water partition coefficient (Wildman–Crippen LogP) is 0.946. The lowest BCUT2D eigenvalue weighted by atomic mass is 9.37. The average molecular weight is 406 g/mol. The Morgan fingerprint density at radius 1 is 1.24 bits per heavy atom. The van der Waals surface area contributed by atoms with E-state index in [1.165, 1.54) is 6.92 Å². The molecule has 4 bridgehead atoms. The molecule has 1 spiro atoms. The molecule has 0 aromatic heterocycles. The molecule has 160 valence electrons. The molecule has 1 aliphatic heterocycles. The zero-order valence-electron chi connectivity index (χ0n) is 17.0. The van der Waals surface area contributed by atoms with E-state index in [-0.39, 0.29) is 29.1 Å². The molecule has 0 aromatic rings. The van der Waals surface area contributed by atoms with Crippen molar-refractivity contribution >= 4 is 11.8 Å². The number of esters is 1. The minimum absolute atomic E-state index is 0.0957. The summed E-state index contributed by atoms with van der Waals surface area (Å²) in [6.07, 6.45) is -1.10. The second kappa shape index (κ2) is 5.90. The van der Waals surface area contributed by atoms with Crippen molar-refractivity contribution in [2.24, 2.45) is 34.0 Å². The van der Waals surface area contributed by atoms with Crippen LogP contribution >= 0.6 is 0 Å². The fourth-order valence-electron chi connectivity index (χ4n) is 8.21. The van der Waals surface area contributed by atoms with Gasteiger partial charge in [0.15, 0.2) is 12.1 Å². The molecule has 10 atom stereocenters. The van der Waals surface area contributed by atoms with Gasteiger partial charge in [-0.15, -0.1) is 0 Å². The number of aliphatic hydroxyl groups excluding tert-OH is 3. The highest BCUT2D eigenvalue weighted by atomic mass is 16.6. The summed E-state index contributed by atoms with van der Waals surface area (Å²) in [6, 6.07) is 0. The van der Waals surface area contributed by atoms with E-state index in [4.69, 9.17) is 9.47 Å². The Morgan fingerprint density at radius 2 is 1.97 bits per heavy atom. The van der Waals surface area contributed by atoms with Crippen molar-refractivity contribution in [2.45, 2.75) is 70.6 Å². The largest absolute Gasteiger partial charge is 0.462 e. The van der Waals surface area contributed by atoms with Gasteiger partial charge in [-0.2, -0.15) is 0 Å². The van der Waals surface area contributed by atoms with E-state index in [1.807, 2.05) is 0 Å². The number of fused-ring (bicyclic) bond motifs is 1. The van der Waals surface area contributed by atoms with E-state index in [0.29, 0.717) is 19.4 Å². The molecule has 0 radical (unpaired) electrons. The Bertz CT molecular complexity index is 794. The molecule has 7 nitrogen and oxygen atoms in total. The molecule has 5 aliphatic rings. The van der Waals surface area contributed by atoms with E-state index in [9.17, 15) is 24.9 Å². The lowest BCUT2D eigenvalue weighted by Gasteiger charge is -2.70. The van der Waals surface area contributed by atoms with Gasteiger partial charge in [0.2, 0.25) is 0 Å². The van der Waals surface area contributed by atoms with Gasteiger partial charge in [0, 0.05) is 24.2 Å². The van der Waals surface area contributed by atoms with Crippen LogP contribution in [0.2, 0.25) is 0 Å². The van der Waals surface area contributed by atoms with Crippen molar-refractivity contribution in [3.8, 4) is 0 Å². The lowest BCUT2D eigenvalue weighted by Crippen LogP contribution is -2.75. The Morgan fingerprint density at radius 3 is 2.66 bits per heavy atom. The van der Waals surface area contributed by atoms with Gasteiger partial charge in [0.25, 0.3) is 0 Å². The number of hydrogen-bond acceptors (Lipinski definition) is 7. The van der Waals surface area contributed by atoms with Gasteiger partial charge in [-0.25, -0.2) is 0 Å². The quantitative estimate of drug-likeness (QED) is 0.439. The molecule has 7 heteroatoms. The highest BCUT2D eigenvalue weighted by Gasteiger charge is 2.80. The maximum atomic E-state index is 13.5. The normalized spacial score (nSPS) is 55.8. The SMILES string of the molecule is C=C1C(=O)C23C(O)C[C@@H]4[C@@]5(C)CCC[C@@]4([C@H](O)OC5)[C@@H]2[C@@H](OC(C)=O)C[C@@H]1[C@H]3O. The van der Waals surface area contributed by atoms with Crippen LogP contribution in [0, 0.1) is 34.0 Å². The van der Waals surface area contributed by atoms with E-state index < -0.39 is 53.2 Å². The summed E-state index contributed by atoms with van der Waals surface area (Å²) in [4.78, 5) is 25.5. The predicted molar refractivity (Wildman–Crippen MR) is 100 cm³/mol. The Balaban J connectivity index is 1.76. The third-order valence-corrected chi connectivity index (χ3v) is 9.16. The van der Waals surface area contributed by atoms with Gasteiger partial charge in [0.1, 0.15) is 6.10 Å². The molecule has 1 saturated heterocycles. The van der Waals surface area contributed by atoms with E-state index >= 15 is 0 Å². The van der Waals surface area contributed by atoms with Gasteiger partial charge in [-0.05, 0) is 42.6 Å². The maximum Gasteiger partial charge on any atom is 0.302 e. The van der Waals surface area contributed by atoms with Crippen LogP contribution < -0.4 is 0 Å². The molecular formula is C22H30O7. The van der Waals surface area contributed by atoms with Crippen LogP contribution in [0.4, 0.5) is 0 Å². The Labute approximate surface area is 170 Å². The molecule has 5 rings (SSSR count). The minimum atomic E-state index is -1.52. The molecule has 5 fully saturated rings. The minimum Gasteiger partial charge on any atom is -0.462 e. The summed E-state index contributed by atoms with van der Waals surface area (Å²) >= 11 is 0. The van der Waals surface area contributed by atoms with Crippen LogP contribution in [-0.2, 0) is 19.1 Å². The van der Waals surface area contributed by atoms with E-state index in [1.54, 1.807) is 0 Å². The summed E-state index contributed by atoms with van der Waals surface area (Å²) in [6.45, 7) is 7.74. The van der Waals surface area contributed by atoms with Gasteiger partial charge >= 0.3 is 5.97 Å². The summed E-state index contributed by atoms with van der Waals surface area (Å²) in [7, 11) is 0. The molecular weight excluding hydrogens is 376 g/mol. The highest BCUT2D eigenvalue weighted by Crippen LogP contribution is 2.73. The number of ketones is 1. The van der Waals surface area contributed by atoms with Gasteiger partial charge in [-0.3, -0.25) is 9.59 Å². The molecule has 0 aromatic carbocycles. The second-order valence-corrected chi connectivity index (χ2v) is 10.3. The molecule has 0 amide bonds. The van der Waals surface area contributed by atoms with Crippen LogP contribution in [0.15, 0.2) is 12.2 Å². The average Bonchev–Trinajstić information content (AvgIpc) is 2.76. The van der Waals surface area contributed by atoms with Crippen molar-refractivity contribution in [3.05, 3.63) is 12.2 Å². The smallest absolute Gasteiger partial charge is 0.302 e. The molecule has 4 saturated carbocycles. The van der Waals surface area contributed by atoms with Gasteiger partial charge in [-0.1, -0.05) is 19.9 Å². The van der Waals surface area contributed by atoms with Gasteiger partial charge < -0.3 is 24.8 Å². The third-order valence-electron chi connectivity index (χ3n) is 9.16.